The molecule has 36 heavy (non-hydrogen) atoms. The Labute approximate surface area is 213 Å². The molecule has 0 heterocycles. The quantitative estimate of drug-likeness (QED) is 0.247. The Morgan fingerprint density at radius 3 is 1.64 bits per heavy atom. The van der Waals surface area contributed by atoms with E-state index in [1.807, 2.05) is 37.3 Å². The summed E-state index contributed by atoms with van der Waals surface area (Å²) in [4.78, 5) is 0. The molecule has 0 saturated carbocycles. The predicted molar refractivity (Wildman–Crippen MR) is 154 cm³/mol. The average molecular weight is 467 g/mol. The van der Waals surface area contributed by atoms with Crippen LogP contribution in [0.2, 0.25) is 0 Å². The highest BCUT2D eigenvalue weighted by Crippen LogP contribution is 2.37. The van der Waals surface area contributed by atoms with Crippen molar-refractivity contribution in [2.45, 2.75) is 13.0 Å². The van der Waals surface area contributed by atoms with Gasteiger partial charge in [0, 0.05) is 5.69 Å². The first kappa shape index (κ1) is 23.3. The van der Waals surface area contributed by atoms with Crippen LogP contribution in [0.15, 0.2) is 127 Å². The van der Waals surface area contributed by atoms with E-state index in [1.165, 1.54) is 11.1 Å². The Balaban J connectivity index is 1.55. The Morgan fingerprint density at radius 1 is 0.556 bits per heavy atom. The topological polar surface area (TPSA) is 52.0 Å². The van der Waals surface area contributed by atoms with E-state index in [-0.39, 0.29) is 6.04 Å². The molecule has 0 aliphatic heterocycles. The van der Waals surface area contributed by atoms with Gasteiger partial charge in [-0.05, 0) is 69.1 Å². The predicted octanol–water partition coefficient (Wildman–Crippen LogP) is 8.35. The molecule has 0 bridgehead atoms. The maximum absolute atomic E-state index is 6.55. The Morgan fingerprint density at radius 2 is 1.03 bits per heavy atom. The summed E-state index contributed by atoms with van der Waals surface area (Å²) < 4.78 is 0. The molecule has 0 aliphatic rings. The van der Waals surface area contributed by atoms with Gasteiger partial charge >= 0.3 is 0 Å². The van der Waals surface area contributed by atoms with Gasteiger partial charge in [-0.3, -0.25) is 0 Å². The van der Waals surface area contributed by atoms with Crippen LogP contribution in [0.25, 0.3) is 39.5 Å². The molecule has 5 rings (SSSR count). The van der Waals surface area contributed by atoms with Gasteiger partial charge in [0.05, 0.1) is 6.04 Å². The van der Waals surface area contributed by atoms with Crippen molar-refractivity contribution >= 4 is 11.8 Å². The molecule has 2 heteroatoms. The highest BCUT2D eigenvalue weighted by molar-refractivity contribution is 5.89. The zero-order chi connectivity index (χ0) is 24.9. The molecule has 0 amide bonds. The lowest BCUT2D eigenvalue weighted by molar-refractivity contribution is 0.872. The third kappa shape index (κ3) is 4.86. The van der Waals surface area contributed by atoms with Crippen LogP contribution >= 0.6 is 0 Å². The molecule has 0 saturated heterocycles. The summed E-state index contributed by atoms with van der Waals surface area (Å²) in [6.45, 7) is 2.01. The molecular formula is C34H30N2. The van der Waals surface area contributed by atoms with Crippen LogP contribution in [0.4, 0.5) is 5.69 Å². The largest absolute Gasteiger partial charge is 0.398 e. The lowest BCUT2D eigenvalue weighted by Crippen LogP contribution is -2.11. The monoisotopic (exact) mass is 466 g/mol. The molecule has 176 valence electrons. The molecule has 4 N–H and O–H groups in total. The summed E-state index contributed by atoms with van der Waals surface area (Å²) in [6.07, 6.45) is 4.08. The van der Waals surface area contributed by atoms with Crippen molar-refractivity contribution in [3.8, 4) is 33.4 Å². The minimum atomic E-state index is -0.157. The summed E-state index contributed by atoms with van der Waals surface area (Å²) >= 11 is 0. The Kier molecular flexibility index (Phi) is 6.79. The minimum absolute atomic E-state index is 0.157. The van der Waals surface area contributed by atoms with Gasteiger partial charge in [-0.2, -0.15) is 0 Å². The first-order chi connectivity index (χ1) is 17.6. The van der Waals surface area contributed by atoms with Crippen LogP contribution in [-0.2, 0) is 0 Å². The first-order valence-corrected chi connectivity index (χ1v) is 12.3. The van der Waals surface area contributed by atoms with Crippen LogP contribution in [0.5, 0.6) is 0 Å². The van der Waals surface area contributed by atoms with Gasteiger partial charge < -0.3 is 11.5 Å². The van der Waals surface area contributed by atoms with E-state index in [0.717, 1.165) is 44.6 Å². The van der Waals surface area contributed by atoms with Crippen LogP contribution in [0.1, 0.15) is 29.7 Å². The van der Waals surface area contributed by atoms with Gasteiger partial charge in [0.25, 0.3) is 0 Å². The molecule has 5 aromatic rings. The lowest BCUT2D eigenvalue weighted by atomic mass is 9.89. The van der Waals surface area contributed by atoms with Crippen LogP contribution in [0.3, 0.4) is 0 Å². The van der Waals surface area contributed by atoms with Crippen molar-refractivity contribution in [3.05, 3.63) is 144 Å². The molecule has 5 aromatic carbocycles. The van der Waals surface area contributed by atoms with Crippen LogP contribution < -0.4 is 11.5 Å². The zero-order valence-corrected chi connectivity index (χ0v) is 20.4. The van der Waals surface area contributed by atoms with E-state index < -0.39 is 0 Å². The van der Waals surface area contributed by atoms with Crippen molar-refractivity contribution in [3.63, 3.8) is 0 Å². The Bertz CT molecular complexity index is 1470. The van der Waals surface area contributed by atoms with Crippen molar-refractivity contribution in [2.24, 2.45) is 5.73 Å². The summed E-state index contributed by atoms with van der Waals surface area (Å²) in [5.74, 6) is 0. The summed E-state index contributed by atoms with van der Waals surface area (Å²) in [6, 6.07) is 42.0. The van der Waals surface area contributed by atoms with Gasteiger partial charge in [0.2, 0.25) is 0 Å². The second-order valence-corrected chi connectivity index (χ2v) is 8.98. The fraction of sp³-hybridized carbons (Fsp3) is 0.0588. The van der Waals surface area contributed by atoms with Gasteiger partial charge in [-0.25, -0.2) is 0 Å². The molecule has 0 spiro atoms. The van der Waals surface area contributed by atoms with Gasteiger partial charge in [-0.15, -0.1) is 0 Å². The molecular weight excluding hydrogens is 436 g/mol. The number of hydrogen-bond acceptors (Lipinski definition) is 2. The second-order valence-electron chi connectivity index (χ2n) is 8.98. The van der Waals surface area contributed by atoms with Crippen molar-refractivity contribution < 1.29 is 0 Å². The molecule has 1 atom stereocenters. The average Bonchev–Trinajstić information content (AvgIpc) is 2.95. The Hall–Kier alpha value is -4.40. The summed E-state index contributed by atoms with van der Waals surface area (Å²) in [5, 5.41) is 0. The van der Waals surface area contributed by atoms with E-state index in [2.05, 4.69) is 103 Å². The van der Waals surface area contributed by atoms with Gasteiger partial charge in [0.15, 0.2) is 0 Å². The zero-order valence-electron chi connectivity index (χ0n) is 20.4. The second kappa shape index (κ2) is 10.5. The smallest absolute Gasteiger partial charge is 0.0551 e. The van der Waals surface area contributed by atoms with E-state index in [4.69, 9.17) is 11.5 Å². The fourth-order valence-corrected chi connectivity index (χ4v) is 4.63. The fourth-order valence-electron chi connectivity index (χ4n) is 4.63. The highest BCUT2D eigenvalue weighted by Gasteiger charge is 2.13. The van der Waals surface area contributed by atoms with Crippen LogP contribution in [-0.4, -0.2) is 0 Å². The van der Waals surface area contributed by atoms with E-state index in [0.29, 0.717) is 0 Å². The normalized spacial score (nSPS) is 12.1. The number of hydrogen-bond donors (Lipinski definition) is 2. The molecule has 0 radical (unpaired) electrons. The molecule has 0 aliphatic carbocycles. The molecule has 1 unspecified atom stereocenters. The number of allylic oxidation sites excluding steroid dienone is 1. The van der Waals surface area contributed by atoms with Crippen molar-refractivity contribution in [2.75, 3.05) is 5.73 Å². The molecule has 0 aromatic heterocycles. The number of rotatable bonds is 6. The maximum atomic E-state index is 6.55. The molecule has 2 nitrogen and oxygen atoms in total. The van der Waals surface area contributed by atoms with E-state index in [1.54, 1.807) is 0 Å². The highest BCUT2D eigenvalue weighted by atomic mass is 14.6. The van der Waals surface area contributed by atoms with Gasteiger partial charge in [-0.1, -0.05) is 121 Å². The van der Waals surface area contributed by atoms with E-state index in [9.17, 15) is 0 Å². The third-order valence-corrected chi connectivity index (χ3v) is 6.61. The number of nitrogen functional groups attached to an aromatic ring is 1. The van der Waals surface area contributed by atoms with Crippen molar-refractivity contribution in [1.82, 2.24) is 0 Å². The van der Waals surface area contributed by atoms with Crippen molar-refractivity contribution in [1.29, 1.82) is 0 Å². The SMILES string of the molecule is C/C=C\c1cc(-c2ccc(C(N)c3ccccc3)cc2)c(-c2ccc(-c3ccccc3)cc2)cc1N. The standard InChI is InChI=1S/C34H30N2/c1-2-9-30-22-31(26-18-20-29(21-19-26)34(36)28-12-7-4-8-13-28)32(23-33(30)35)27-16-14-25(15-17-27)24-10-5-3-6-11-24/h2-23,34H,35-36H2,1H3/b9-2-. The number of anilines is 1. The maximum Gasteiger partial charge on any atom is 0.0551 e. The number of nitrogens with two attached hydrogens (primary N) is 2. The van der Waals surface area contributed by atoms with Crippen LogP contribution in [0, 0.1) is 0 Å². The first-order valence-electron chi connectivity index (χ1n) is 12.3. The summed E-state index contributed by atoms with van der Waals surface area (Å²) in [5.41, 5.74) is 23.9. The third-order valence-electron chi connectivity index (χ3n) is 6.61. The summed E-state index contributed by atoms with van der Waals surface area (Å²) in [7, 11) is 0. The number of benzene rings is 5. The molecule has 0 fully saturated rings. The van der Waals surface area contributed by atoms with Gasteiger partial charge in [0.1, 0.15) is 0 Å². The minimum Gasteiger partial charge on any atom is -0.398 e. The lowest BCUT2D eigenvalue weighted by Gasteiger charge is -2.16. The van der Waals surface area contributed by atoms with E-state index >= 15 is 0 Å².